The van der Waals surface area contributed by atoms with Crippen molar-refractivity contribution in [3.8, 4) is 11.5 Å². The molecular formula is C25H18Cl3NO3. The van der Waals surface area contributed by atoms with Crippen LogP contribution in [-0.2, 0) is 13.1 Å². The van der Waals surface area contributed by atoms with Gasteiger partial charge in [-0.25, -0.2) is 0 Å². The molecule has 0 aliphatic carbocycles. The van der Waals surface area contributed by atoms with Crippen LogP contribution in [0.2, 0.25) is 15.1 Å². The molecule has 162 valence electrons. The minimum atomic E-state index is -0.137. The van der Waals surface area contributed by atoms with Gasteiger partial charge in [0.05, 0.1) is 21.2 Å². The number of hydrogen-bond donors (Lipinski definition) is 0. The molecule has 3 aromatic carbocycles. The Morgan fingerprint density at radius 2 is 1.91 bits per heavy atom. The van der Waals surface area contributed by atoms with Crippen LogP contribution >= 0.6 is 34.8 Å². The summed E-state index contributed by atoms with van der Waals surface area (Å²) in [5.41, 5.74) is 4.10. The fourth-order valence-electron chi connectivity index (χ4n) is 4.02. The van der Waals surface area contributed by atoms with E-state index >= 15 is 0 Å². The summed E-state index contributed by atoms with van der Waals surface area (Å²) in [7, 11) is 0. The van der Waals surface area contributed by atoms with Gasteiger partial charge >= 0.3 is 0 Å². The van der Waals surface area contributed by atoms with E-state index in [1.807, 2.05) is 37.3 Å². The Morgan fingerprint density at radius 3 is 2.69 bits per heavy atom. The fourth-order valence-corrected chi connectivity index (χ4v) is 4.54. The first-order valence-corrected chi connectivity index (χ1v) is 11.2. The largest absolute Gasteiger partial charge is 0.478 e. The molecule has 0 N–H and O–H groups in total. The third-order valence-corrected chi connectivity index (χ3v) is 6.50. The molecule has 2 aliphatic rings. The maximum atomic E-state index is 13.1. The van der Waals surface area contributed by atoms with E-state index in [2.05, 4.69) is 4.90 Å². The van der Waals surface area contributed by atoms with E-state index in [1.165, 1.54) is 0 Å². The first-order valence-electron chi connectivity index (χ1n) is 10.0. The van der Waals surface area contributed by atoms with Gasteiger partial charge in [0.2, 0.25) is 5.78 Å². The van der Waals surface area contributed by atoms with Gasteiger partial charge < -0.3 is 9.47 Å². The molecule has 0 bridgehead atoms. The Morgan fingerprint density at radius 1 is 1.06 bits per heavy atom. The molecule has 4 nitrogen and oxygen atoms in total. The molecule has 0 fully saturated rings. The van der Waals surface area contributed by atoms with Crippen molar-refractivity contribution in [1.29, 1.82) is 0 Å². The Bertz CT molecular complexity index is 1290. The van der Waals surface area contributed by atoms with Crippen molar-refractivity contribution in [2.45, 2.75) is 20.0 Å². The molecular weight excluding hydrogens is 469 g/mol. The molecule has 7 heteroatoms. The Balaban J connectivity index is 1.45. The third-order valence-electron chi connectivity index (χ3n) is 5.52. The van der Waals surface area contributed by atoms with Crippen molar-refractivity contribution in [2.75, 3.05) is 6.73 Å². The van der Waals surface area contributed by atoms with E-state index in [1.54, 1.807) is 24.3 Å². The number of halogens is 3. The van der Waals surface area contributed by atoms with Crippen molar-refractivity contribution in [3.05, 3.63) is 97.2 Å². The van der Waals surface area contributed by atoms with Gasteiger partial charge in [-0.15, -0.1) is 0 Å². The SMILES string of the molecule is Cc1cc2c(c3c1C(=O)/C(=C/c1cccc(Cl)c1)O3)CN(Cc1ccc(Cl)c(Cl)c1)CO2. The summed E-state index contributed by atoms with van der Waals surface area (Å²) in [4.78, 5) is 15.2. The Labute approximate surface area is 200 Å². The number of ether oxygens (including phenoxy) is 2. The average molecular weight is 487 g/mol. The van der Waals surface area contributed by atoms with Gasteiger partial charge in [0, 0.05) is 18.1 Å². The Kier molecular flexibility index (Phi) is 5.64. The van der Waals surface area contributed by atoms with Crippen LogP contribution in [0.3, 0.4) is 0 Å². The number of carbonyl (C=O) groups excluding carboxylic acids is 1. The molecule has 0 unspecified atom stereocenters. The zero-order valence-corrected chi connectivity index (χ0v) is 19.4. The lowest BCUT2D eigenvalue weighted by Crippen LogP contribution is -2.31. The molecule has 0 aromatic heterocycles. The van der Waals surface area contributed by atoms with Crippen LogP contribution in [0, 0.1) is 6.92 Å². The molecule has 3 aromatic rings. The minimum absolute atomic E-state index is 0.137. The first kappa shape index (κ1) is 21.4. The molecule has 0 amide bonds. The fraction of sp³-hybridized carbons (Fsp3) is 0.160. The topological polar surface area (TPSA) is 38.8 Å². The summed E-state index contributed by atoms with van der Waals surface area (Å²) in [5, 5.41) is 1.64. The van der Waals surface area contributed by atoms with Crippen LogP contribution in [0.15, 0.2) is 54.3 Å². The van der Waals surface area contributed by atoms with Crippen LogP contribution in [-0.4, -0.2) is 17.4 Å². The number of benzene rings is 3. The molecule has 0 radical (unpaired) electrons. The van der Waals surface area contributed by atoms with Crippen molar-refractivity contribution in [1.82, 2.24) is 4.90 Å². The maximum Gasteiger partial charge on any atom is 0.232 e. The highest BCUT2D eigenvalue weighted by molar-refractivity contribution is 6.42. The number of hydrogen-bond acceptors (Lipinski definition) is 4. The lowest BCUT2D eigenvalue weighted by molar-refractivity contribution is 0.0872. The molecule has 2 aliphatic heterocycles. The normalized spacial score (nSPS) is 16.5. The average Bonchev–Trinajstić information content (AvgIpc) is 3.08. The number of nitrogens with zero attached hydrogens (tertiary/aromatic N) is 1. The molecule has 0 spiro atoms. The first-order chi connectivity index (χ1) is 15.4. The lowest BCUT2D eigenvalue weighted by atomic mass is 9.98. The zero-order valence-electron chi connectivity index (χ0n) is 17.1. The summed E-state index contributed by atoms with van der Waals surface area (Å²) >= 11 is 18.3. The molecule has 5 rings (SSSR count). The summed E-state index contributed by atoms with van der Waals surface area (Å²) in [5.74, 6) is 1.45. The number of Topliss-reactive ketones (excluding diaryl/α,β-unsaturated/α-hetero) is 1. The van der Waals surface area contributed by atoms with Crippen LogP contribution in [0.4, 0.5) is 0 Å². The van der Waals surface area contributed by atoms with Gasteiger partial charge in [-0.3, -0.25) is 9.69 Å². The number of fused-ring (bicyclic) bond motifs is 3. The van der Waals surface area contributed by atoms with E-state index in [0.717, 1.165) is 28.0 Å². The second-order valence-electron chi connectivity index (χ2n) is 7.88. The van der Waals surface area contributed by atoms with E-state index in [-0.39, 0.29) is 11.5 Å². The monoisotopic (exact) mass is 485 g/mol. The van der Waals surface area contributed by atoms with Crippen LogP contribution in [0.1, 0.15) is 32.6 Å². The summed E-state index contributed by atoms with van der Waals surface area (Å²) in [6, 6.07) is 14.8. The number of aryl methyl sites for hydroxylation is 1. The number of allylic oxidation sites excluding steroid dienone is 1. The summed E-state index contributed by atoms with van der Waals surface area (Å²) < 4.78 is 12.1. The highest BCUT2D eigenvalue weighted by atomic mass is 35.5. The summed E-state index contributed by atoms with van der Waals surface area (Å²) in [6.45, 7) is 3.52. The molecule has 2 heterocycles. The minimum Gasteiger partial charge on any atom is -0.478 e. The third kappa shape index (κ3) is 4.00. The van der Waals surface area contributed by atoms with E-state index < -0.39 is 0 Å². The van der Waals surface area contributed by atoms with Crippen LogP contribution < -0.4 is 9.47 Å². The second kappa shape index (κ2) is 8.45. The predicted molar refractivity (Wildman–Crippen MR) is 127 cm³/mol. The van der Waals surface area contributed by atoms with E-state index in [4.69, 9.17) is 44.3 Å². The zero-order chi connectivity index (χ0) is 22.4. The predicted octanol–water partition coefficient (Wildman–Crippen LogP) is 6.92. The van der Waals surface area contributed by atoms with Gasteiger partial charge in [0.15, 0.2) is 5.76 Å². The quantitative estimate of drug-likeness (QED) is 0.377. The van der Waals surface area contributed by atoms with Crippen molar-refractivity contribution in [3.63, 3.8) is 0 Å². The van der Waals surface area contributed by atoms with Crippen molar-refractivity contribution >= 4 is 46.7 Å². The standard InChI is InChI=1S/C25H18Cl3NO3/c1-14-7-21-18(12-29(13-31-21)11-16-5-6-19(27)20(28)9-16)25-23(14)24(30)22(32-25)10-15-3-2-4-17(26)8-15/h2-10H,11-13H2,1H3/b22-10-. The van der Waals surface area contributed by atoms with Gasteiger partial charge in [-0.1, -0.05) is 53.0 Å². The molecule has 0 atom stereocenters. The highest BCUT2D eigenvalue weighted by Gasteiger charge is 2.35. The second-order valence-corrected chi connectivity index (χ2v) is 9.13. The van der Waals surface area contributed by atoms with Gasteiger partial charge in [-0.05, 0) is 60.0 Å². The number of rotatable bonds is 3. The van der Waals surface area contributed by atoms with Gasteiger partial charge in [0.1, 0.15) is 18.2 Å². The molecule has 0 saturated carbocycles. The summed E-state index contributed by atoms with van der Waals surface area (Å²) in [6.07, 6.45) is 1.72. The highest BCUT2D eigenvalue weighted by Crippen LogP contribution is 2.44. The number of carbonyl (C=O) groups is 1. The Hall–Kier alpha value is -2.50. The van der Waals surface area contributed by atoms with E-state index in [0.29, 0.717) is 46.2 Å². The number of ketones is 1. The maximum absolute atomic E-state index is 13.1. The van der Waals surface area contributed by atoms with Gasteiger partial charge in [-0.2, -0.15) is 0 Å². The van der Waals surface area contributed by atoms with Crippen LogP contribution in [0.25, 0.3) is 6.08 Å². The molecule has 0 saturated heterocycles. The van der Waals surface area contributed by atoms with Crippen LogP contribution in [0.5, 0.6) is 11.5 Å². The van der Waals surface area contributed by atoms with Crippen molar-refractivity contribution < 1.29 is 14.3 Å². The van der Waals surface area contributed by atoms with E-state index in [9.17, 15) is 4.79 Å². The van der Waals surface area contributed by atoms with Gasteiger partial charge in [0.25, 0.3) is 0 Å². The smallest absolute Gasteiger partial charge is 0.232 e. The van der Waals surface area contributed by atoms with Crippen molar-refractivity contribution in [2.24, 2.45) is 0 Å². The lowest BCUT2D eigenvalue weighted by Gasteiger charge is -2.30. The molecule has 32 heavy (non-hydrogen) atoms.